The molecule has 0 saturated heterocycles. The molecule has 0 aliphatic heterocycles. The number of esters is 3. The first kappa shape index (κ1) is 19.1. The average molecular weight is 300 g/mol. The Morgan fingerprint density at radius 2 is 1.86 bits per heavy atom. The summed E-state index contributed by atoms with van der Waals surface area (Å²) in [6.45, 7) is 8.46. The van der Waals surface area contributed by atoms with Gasteiger partial charge in [0.15, 0.2) is 0 Å². The van der Waals surface area contributed by atoms with Crippen LogP contribution in [-0.4, -0.2) is 37.2 Å². The molecule has 0 saturated carbocycles. The molecule has 0 fully saturated rings. The van der Waals surface area contributed by atoms with Crippen LogP contribution in [0.3, 0.4) is 0 Å². The number of hydrogen-bond acceptors (Lipinski definition) is 6. The van der Waals surface area contributed by atoms with Crippen LogP contribution in [0.15, 0.2) is 12.7 Å². The number of rotatable bonds is 9. The number of carbonyl (C=O) groups excluding carboxylic acids is 3. The maximum absolute atomic E-state index is 11.7. The van der Waals surface area contributed by atoms with Crippen LogP contribution in [0.4, 0.5) is 0 Å². The largest absolute Gasteiger partial charge is 0.469 e. The van der Waals surface area contributed by atoms with Gasteiger partial charge in [0.25, 0.3) is 0 Å². The minimum absolute atomic E-state index is 0.0205. The molecule has 0 aromatic heterocycles. The van der Waals surface area contributed by atoms with E-state index in [1.807, 2.05) is 6.92 Å². The van der Waals surface area contributed by atoms with Crippen LogP contribution in [0.5, 0.6) is 0 Å². The van der Waals surface area contributed by atoms with Crippen LogP contribution in [0.1, 0.15) is 40.0 Å². The van der Waals surface area contributed by atoms with Crippen molar-refractivity contribution < 1.29 is 28.6 Å². The Morgan fingerprint density at radius 1 is 1.24 bits per heavy atom. The molecule has 0 rings (SSSR count). The second-order valence-corrected chi connectivity index (χ2v) is 5.14. The molecule has 0 aromatic carbocycles. The third-order valence-electron chi connectivity index (χ3n) is 3.05. The van der Waals surface area contributed by atoms with E-state index in [1.165, 1.54) is 7.11 Å². The van der Waals surface area contributed by atoms with E-state index in [9.17, 15) is 14.4 Å². The first-order valence-electron chi connectivity index (χ1n) is 6.84. The lowest BCUT2D eigenvalue weighted by molar-refractivity contribution is -0.169. The SMILES string of the molecule is C=CC(=O)OCC(CC(=O)OC)C(C)(C)OC(=O)CCC. The first-order valence-corrected chi connectivity index (χ1v) is 6.84. The molecular weight excluding hydrogens is 276 g/mol. The van der Waals surface area contributed by atoms with Crippen LogP contribution in [0.25, 0.3) is 0 Å². The van der Waals surface area contributed by atoms with Crippen molar-refractivity contribution in [1.82, 2.24) is 0 Å². The van der Waals surface area contributed by atoms with Gasteiger partial charge in [-0.05, 0) is 20.3 Å². The molecule has 6 heteroatoms. The molecule has 0 radical (unpaired) electrons. The summed E-state index contributed by atoms with van der Waals surface area (Å²) in [5, 5.41) is 0. The lowest BCUT2D eigenvalue weighted by atomic mass is 9.88. The van der Waals surface area contributed by atoms with Gasteiger partial charge < -0.3 is 14.2 Å². The molecule has 0 bridgehead atoms. The number of hydrogen-bond donors (Lipinski definition) is 0. The fourth-order valence-corrected chi connectivity index (χ4v) is 1.66. The molecule has 6 nitrogen and oxygen atoms in total. The fraction of sp³-hybridized carbons (Fsp3) is 0.667. The maximum atomic E-state index is 11.7. The van der Waals surface area contributed by atoms with E-state index in [0.717, 1.165) is 6.08 Å². The third kappa shape index (κ3) is 7.48. The summed E-state index contributed by atoms with van der Waals surface area (Å²) in [6.07, 6.45) is 1.97. The summed E-state index contributed by atoms with van der Waals surface area (Å²) in [6, 6.07) is 0. The predicted molar refractivity (Wildman–Crippen MR) is 76.4 cm³/mol. The zero-order valence-corrected chi connectivity index (χ0v) is 13.1. The third-order valence-corrected chi connectivity index (χ3v) is 3.05. The lowest BCUT2D eigenvalue weighted by Gasteiger charge is -2.33. The second-order valence-electron chi connectivity index (χ2n) is 5.14. The van der Waals surface area contributed by atoms with Gasteiger partial charge in [-0.15, -0.1) is 0 Å². The molecule has 0 heterocycles. The van der Waals surface area contributed by atoms with Gasteiger partial charge in [-0.2, -0.15) is 0 Å². The summed E-state index contributed by atoms with van der Waals surface area (Å²) in [5.74, 6) is -1.92. The van der Waals surface area contributed by atoms with E-state index in [1.54, 1.807) is 13.8 Å². The molecule has 21 heavy (non-hydrogen) atoms. The first-order chi connectivity index (χ1) is 9.76. The summed E-state index contributed by atoms with van der Waals surface area (Å²) in [5.41, 5.74) is -0.956. The molecular formula is C15H24O6. The van der Waals surface area contributed by atoms with Crippen molar-refractivity contribution in [2.24, 2.45) is 5.92 Å². The van der Waals surface area contributed by atoms with Crippen molar-refractivity contribution in [3.05, 3.63) is 12.7 Å². The van der Waals surface area contributed by atoms with Gasteiger partial charge in [0, 0.05) is 18.4 Å². The highest BCUT2D eigenvalue weighted by Gasteiger charge is 2.36. The monoisotopic (exact) mass is 300 g/mol. The Balaban J connectivity index is 4.88. The second kappa shape index (κ2) is 9.15. The zero-order valence-electron chi connectivity index (χ0n) is 13.1. The van der Waals surface area contributed by atoms with Crippen LogP contribution < -0.4 is 0 Å². The maximum Gasteiger partial charge on any atom is 0.330 e. The Labute approximate surface area is 125 Å². The lowest BCUT2D eigenvalue weighted by Crippen LogP contribution is -2.41. The van der Waals surface area contributed by atoms with Crippen LogP contribution in [-0.2, 0) is 28.6 Å². The summed E-state index contributed by atoms with van der Waals surface area (Å²) in [4.78, 5) is 34.3. The molecule has 0 aliphatic rings. The van der Waals surface area contributed by atoms with Crippen molar-refractivity contribution in [2.75, 3.05) is 13.7 Å². The molecule has 0 N–H and O–H groups in total. The quantitative estimate of drug-likeness (QED) is 0.368. The van der Waals surface area contributed by atoms with Gasteiger partial charge >= 0.3 is 17.9 Å². The standard InChI is InChI=1S/C15H24O6/c1-6-8-13(17)21-15(3,4)11(9-14(18)19-5)10-20-12(16)7-2/h7,11H,2,6,8-10H2,1,3-5H3. The highest BCUT2D eigenvalue weighted by atomic mass is 16.6. The van der Waals surface area contributed by atoms with Crippen molar-refractivity contribution in [3.8, 4) is 0 Å². The highest BCUT2D eigenvalue weighted by Crippen LogP contribution is 2.26. The van der Waals surface area contributed by atoms with Gasteiger partial charge in [0.2, 0.25) is 0 Å². The molecule has 1 atom stereocenters. The van der Waals surface area contributed by atoms with Gasteiger partial charge in [0.05, 0.1) is 20.1 Å². The van der Waals surface area contributed by atoms with Gasteiger partial charge in [-0.3, -0.25) is 9.59 Å². The molecule has 0 spiro atoms. The summed E-state index contributed by atoms with van der Waals surface area (Å²) >= 11 is 0. The number of methoxy groups -OCH3 is 1. The normalized spacial score (nSPS) is 12.2. The van der Waals surface area contributed by atoms with Gasteiger partial charge in [0.1, 0.15) is 5.60 Å². The van der Waals surface area contributed by atoms with Crippen molar-refractivity contribution in [2.45, 2.75) is 45.6 Å². The summed E-state index contributed by atoms with van der Waals surface area (Å²) < 4.78 is 15.0. The van der Waals surface area contributed by atoms with Crippen LogP contribution in [0, 0.1) is 5.92 Å². The van der Waals surface area contributed by atoms with Crippen LogP contribution >= 0.6 is 0 Å². The minimum atomic E-state index is -0.956. The Kier molecular flexibility index (Phi) is 8.35. The molecule has 0 aromatic rings. The van der Waals surface area contributed by atoms with E-state index in [0.29, 0.717) is 12.8 Å². The van der Waals surface area contributed by atoms with Gasteiger partial charge in [-0.1, -0.05) is 13.5 Å². The zero-order chi connectivity index (χ0) is 16.5. The smallest absolute Gasteiger partial charge is 0.330 e. The molecule has 1 unspecified atom stereocenters. The van der Waals surface area contributed by atoms with E-state index < -0.39 is 23.5 Å². The average Bonchev–Trinajstić information content (AvgIpc) is 2.41. The topological polar surface area (TPSA) is 78.9 Å². The molecule has 0 aliphatic carbocycles. The Hall–Kier alpha value is -1.85. The fourth-order valence-electron chi connectivity index (χ4n) is 1.66. The molecule has 0 amide bonds. The predicted octanol–water partition coefficient (Wildman–Crippen LogP) is 2.02. The highest BCUT2D eigenvalue weighted by molar-refractivity contribution is 5.81. The Bertz CT molecular complexity index is 386. The van der Waals surface area contributed by atoms with E-state index in [4.69, 9.17) is 9.47 Å². The number of carbonyl (C=O) groups is 3. The van der Waals surface area contributed by atoms with E-state index >= 15 is 0 Å². The van der Waals surface area contributed by atoms with E-state index in [-0.39, 0.29) is 19.0 Å². The number of ether oxygens (including phenoxy) is 3. The van der Waals surface area contributed by atoms with Crippen molar-refractivity contribution in [1.29, 1.82) is 0 Å². The minimum Gasteiger partial charge on any atom is -0.469 e. The van der Waals surface area contributed by atoms with Crippen molar-refractivity contribution >= 4 is 17.9 Å². The Morgan fingerprint density at radius 3 is 2.33 bits per heavy atom. The van der Waals surface area contributed by atoms with E-state index in [2.05, 4.69) is 11.3 Å². The van der Waals surface area contributed by atoms with Crippen LogP contribution in [0.2, 0.25) is 0 Å². The van der Waals surface area contributed by atoms with Gasteiger partial charge in [-0.25, -0.2) is 4.79 Å². The summed E-state index contributed by atoms with van der Waals surface area (Å²) in [7, 11) is 1.27. The molecule has 120 valence electrons. The van der Waals surface area contributed by atoms with Crippen molar-refractivity contribution in [3.63, 3.8) is 0 Å².